The lowest BCUT2D eigenvalue weighted by Gasteiger charge is -2.34. The van der Waals surface area contributed by atoms with Crippen molar-refractivity contribution in [1.82, 2.24) is 19.8 Å². The highest BCUT2D eigenvalue weighted by molar-refractivity contribution is 5.94. The van der Waals surface area contributed by atoms with E-state index in [0.717, 1.165) is 45.0 Å². The number of hydrogen-bond acceptors (Lipinski definition) is 7. The summed E-state index contributed by atoms with van der Waals surface area (Å²) in [6.45, 7) is 8.32. The minimum absolute atomic E-state index is 0.0848. The number of halogens is 3. The number of nitrogens with one attached hydrogen (secondary N) is 3. The Morgan fingerprint density at radius 2 is 1.69 bits per heavy atom. The van der Waals surface area contributed by atoms with Gasteiger partial charge >= 0.3 is 6.36 Å². The zero-order chi connectivity index (χ0) is 27.4. The molecule has 4 aromatic rings. The highest BCUT2D eigenvalue weighted by Gasteiger charge is 2.32. The number of likely N-dealkylation sites (N-methyl/N-ethyl adjacent to an activating group) is 1. The zero-order valence-corrected chi connectivity index (χ0v) is 21.4. The molecule has 0 radical (unpaired) electrons. The molecule has 1 aliphatic heterocycles. The van der Waals surface area contributed by atoms with Gasteiger partial charge in [0.1, 0.15) is 11.6 Å². The number of piperazine rings is 1. The van der Waals surface area contributed by atoms with Crippen LogP contribution >= 0.6 is 0 Å². The minimum atomic E-state index is -4.84. The number of H-pyrrole nitrogens is 1. The van der Waals surface area contributed by atoms with Gasteiger partial charge in [0.05, 0.1) is 11.1 Å². The zero-order valence-electron chi connectivity index (χ0n) is 21.4. The second kappa shape index (κ2) is 11.3. The SMILES string of the molecule is CCN1CCN(Cc2ccc(Nc3nc(Nc4ccccc4OC(F)(F)F)cc4cc[nH]c(=O)c34)cc2)CC1. The Labute approximate surface area is 223 Å². The van der Waals surface area contributed by atoms with Gasteiger partial charge in [0, 0.05) is 44.6 Å². The van der Waals surface area contributed by atoms with Crippen LogP contribution in [-0.4, -0.2) is 58.9 Å². The summed E-state index contributed by atoms with van der Waals surface area (Å²) in [5, 5.41) is 7.01. The molecule has 2 aromatic heterocycles. The molecular formula is C28H29F3N6O2. The van der Waals surface area contributed by atoms with Crippen LogP contribution in [0.1, 0.15) is 12.5 Å². The van der Waals surface area contributed by atoms with Crippen LogP contribution in [0.2, 0.25) is 0 Å². The van der Waals surface area contributed by atoms with Crippen molar-refractivity contribution in [2.24, 2.45) is 0 Å². The summed E-state index contributed by atoms with van der Waals surface area (Å²) in [6, 6.07) is 16.9. The van der Waals surface area contributed by atoms with E-state index in [1.165, 1.54) is 30.0 Å². The summed E-state index contributed by atoms with van der Waals surface area (Å²) in [6.07, 6.45) is -3.33. The molecule has 11 heteroatoms. The van der Waals surface area contributed by atoms with E-state index in [2.05, 4.69) is 42.1 Å². The standard InChI is InChI=1S/C28H29F3N6O2/c1-2-36-13-15-37(16-14-36)18-19-7-9-21(10-8-19)33-26-25-20(11-12-32-27(25)38)17-24(35-26)34-22-5-3-4-6-23(22)39-28(29,30)31/h3-12,17H,2,13-16,18H2,1H3,(H,32,38)(H2,33,34,35). The van der Waals surface area contributed by atoms with Crippen LogP contribution in [0.25, 0.3) is 10.8 Å². The van der Waals surface area contributed by atoms with Crippen molar-refractivity contribution in [3.05, 3.63) is 82.8 Å². The lowest BCUT2D eigenvalue weighted by Crippen LogP contribution is -2.45. The number of nitrogens with zero attached hydrogens (tertiary/aromatic N) is 3. The summed E-state index contributed by atoms with van der Waals surface area (Å²) in [7, 11) is 0. The average Bonchev–Trinajstić information content (AvgIpc) is 2.90. The minimum Gasteiger partial charge on any atom is -0.404 e. The number of hydrogen-bond donors (Lipinski definition) is 3. The van der Waals surface area contributed by atoms with Gasteiger partial charge in [0.15, 0.2) is 5.75 Å². The van der Waals surface area contributed by atoms with E-state index in [4.69, 9.17) is 0 Å². The smallest absolute Gasteiger partial charge is 0.404 e. The number of alkyl halides is 3. The van der Waals surface area contributed by atoms with Crippen LogP contribution in [0.4, 0.5) is 36.2 Å². The lowest BCUT2D eigenvalue weighted by molar-refractivity contribution is -0.274. The van der Waals surface area contributed by atoms with Crippen molar-refractivity contribution in [2.75, 3.05) is 43.4 Å². The maximum absolute atomic E-state index is 12.9. The number of benzene rings is 2. The van der Waals surface area contributed by atoms with Crippen LogP contribution in [0.15, 0.2) is 71.7 Å². The largest absolute Gasteiger partial charge is 0.573 e. The third kappa shape index (κ3) is 6.68. The molecule has 0 amide bonds. The molecule has 2 aromatic carbocycles. The Hall–Kier alpha value is -4.09. The Kier molecular flexibility index (Phi) is 7.71. The van der Waals surface area contributed by atoms with E-state index in [9.17, 15) is 18.0 Å². The molecule has 0 aliphatic carbocycles. The second-order valence-electron chi connectivity index (χ2n) is 9.33. The maximum Gasteiger partial charge on any atom is 0.573 e. The van der Waals surface area contributed by atoms with E-state index in [1.807, 2.05) is 24.3 Å². The molecule has 0 saturated carbocycles. The fraction of sp³-hybridized carbons (Fsp3) is 0.286. The van der Waals surface area contributed by atoms with E-state index in [0.29, 0.717) is 10.8 Å². The van der Waals surface area contributed by atoms with Crippen molar-refractivity contribution < 1.29 is 17.9 Å². The molecular weight excluding hydrogens is 509 g/mol. The van der Waals surface area contributed by atoms with Crippen molar-refractivity contribution in [3.8, 4) is 5.75 Å². The van der Waals surface area contributed by atoms with Gasteiger partial charge in [0.25, 0.3) is 5.56 Å². The van der Waals surface area contributed by atoms with E-state index >= 15 is 0 Å². The Balaban J connectivity index is 1.38. The first-order chi connectivity index (χ1) is 18.8. The molecule has 8 nitrogen and oxygen atoms in total. The molecule has 3 heterocycles. The molecule has 1 fully saturated rings. The van der Waals surface area contributed by atoms with Crippen molar-refractivity contribution in [3.63, 3.8) is 0 Å². The number of fused-ring (bicyclic) bond motifs is 1. The second-order valence-corrected chi connectivity index (χ2v) is 9.33. The van der Waals surface area contributed by atoms with Gasteiger partial charge in [0.2, 0.25) is 0 Å². The summed E-state index contributed by atoms with van der Waals surface area (Å²) < 4.78 is 42.8. The maximum atomic E-state index is 12.9. The van der Waals surface area contributed by atoms with Gasteiger partial charge in [-0.2, -0.15) is 0 Å². The molecule has 39 heavy (non-hydrogen) atoms. The van der Waals surface area contributed by atoms with Gasteiger partial charge in [-0.05, 0) is 53.9 Å². The molecule has 1 saturated heterocycles. The van der Waals surface area contributed by atoms with Crippen LogP contribution in [-0.2, 0) is 6.54 Å². The number of ether oxygens (including phenoxy) is 1. The summed E-state index contributed by atoms with van der Waals surface area (Å²) >= 11 is 0. The fourth-order valence-corrected chi connectivity index (χ4v) is 4.64. The number of aromatic amines is 1. The molecule has 5 rings (SSSR count). The predicted octanol–water partition coefficient (Wildman–Crippen LogP) is 5.45. The normalized spacial score (nSPS) is 14.9. The summed E-state index contributed by atoms with van der Waals surface area (Å²) in [5.74, 6) is 0.130. The van der Waals surface area contributed by atoms with E-state index < -0.39 is 6.36 Å². The number of rotatable bonds is 8. The van der Waals surface area contributed by atoms with Gasteiger partial charge in [-0.1, -0.05) is 31.2 Å². The highest BCUT2D eigenvalue weighted by Crippen LogP contribution is 2.33. The van der Waals surface area contributed by atoms with Crippen molar-refractivity contribution in [1.29, 1.82) is 0 Å². The topological polar surface area (TPSA) is 85.5 Å². The van der Waals surface area contributed by atoms with E-state index in [-0.39, 0.29) is 28.6 Å². The first-order valence-corrected chi connectivity index (χ1v) is 12.7. The van der Waals surface area contributed by atoms with Crippen LogP contribution < -0.4 is 20.9 Å². The monoisotopic (exact) mass is 538 g/mol. The van der Waals surface area contributed by atoms with Gasteiger partial charge < -0.3 is 25.3 Å². The molecule has 0 unspecified atom stereocenters. The predicted molar refractivity (Wildman–Crippen MR) is 146 cm³/mol. The Bertz CT molecular complexity index is 1480. The first kappa shape index (κ1) is 26.5. The molecule has 0 bridgehead atoms. The van der Waals surface area contributed by atoms with Gasteiger partial charge in [-0.25, -0.2) is 4.98 Å². The molecule has 3 N–H and O–H groups in total. The average molecular weight is 539 g/mol. The van der Waals surface area contributed by atoms with Gasteiger partial charge in [-0.3, -0.25) is 9.69 Å². The molecule has 0 atom stereocenters. The number of para-hydroxylation sites is 2. The van der Waals surface area contributed by atoms with Crippen LogP contribution in [0, 0.1) is 0 Å². The number of aromatic nitrogens is 2. The molecule has 1 aliphatic rings. The Morgan fingerprint density at radius 3 is 2.41 bits per heavy atom. The van der Waals surface area contributed by atoms with Gasteiger partial charge in [-0.15, -0.1) is 13.2 Å². The van der Waals surface area contributed by atoms with Crippen LogP contribution in [0.3, 0.4) is 0 Å². The molecule has 0 spiro atoms. The Morgan fingerprint density at radius 1 is 0.974 bits per heavy atom. The highest BCUT2D eigenvalue weighted by atomic mass is 19.4. The van der Waals surface area contributed by atoms with Crippen molar-refractivity contribution >= 4 is 33.8 Å². The summed E-state index contributed by atoms with van der Waals surface area (Å²) in [5.41, 5.74) is 1.65. The quantitative estimate of drug-likeness (QED) is 0.275. The number of anilines is 4. The fourth-order valence-electron chi connectivity index (χ4n) is 4.64. The molecule has 204 valence electrons. The lowest BCUT2D eigenvalue weighted by atomic mass is 10.1. The van der Waals surface area contributed by atoms with E-state index in [1.54, 1.807) is 18.2 Å². The number of pyridine rings is 2. The third-order valence-electron chi connectivity index (χ3n) is 6.66. The van der Waals surface area contributed by atoms with Crippen molar-refractivity contribution in [2.45, 2.75) is 19.8 Å². The first-order valence-electron chi connectivity index (χ1n) is 12.7. The third-order valence-corrected chi connectivity index (χ3v) is 6.66. The van der Waals surface area contributed by atoms with Crippen LogP contribution in [0.5, 0.6) is 5.75 Å². The summed E-state index contributed by atoms with van der Waals surface area (Å²) in [4.78, 5) is 24.7.